The number of aryl methyl sites for hydroxylation is 2. The van der Waals surface area contributed by atoms with Gasteiger partial charge in [-0.25, -0.2) is 0 Å². The van der Waals surface area contributed by atoms with E-state index in [9.17, 15) is 9.59 Å². The van der Waals surface area contributed by atoms with E-state index in [1.165, 1.54) is 5.56 Å². The number of carbonyl (C=O) groups is 1. The minimum absolute atomic E-state index is 0.0150. The van der Waals surface area contributed by atoms with Gasteiger partial charge in [0.25, 0.3) is 5.91 Å². The molecule has 1 aliphatic rings. The first-order valence-electron chi connectivity index (χ1n) is 11.3. The van der Waals surface area contributed by atoms with Gasteiger partial charge in [-0.15, -0.1) is 0 Å². The fraction of sp³-hybridized carbons (Fsp3) is 0.241. The molecule has 3 aromatic carbocycles. The molecule has 0 saturated carbocycles. The van der Waals surface area contributed by atoms with Crippen LogP contribution in [-0.2, 0) is 5.41 Å². The van der Waals surface area contributed by atoms with E-state index < -0.39 is 6.04 Å². The van der Waals surface area contributed by atoms with Crippen LogP contribution < -0.4 is 10.3 Å². The zero-order valence-corrected chi connectivity index (χ0v) is 20.7. The van der Waals surface area contributed by atoms with Gasteiger partial charge in [-0.2, -0.15) is 0 Å². The molecule has 1 unspecified atom stereocenters. The van der Waals surface area contributed by atoms with Crippen molar-refractivity contribution in [1.82, 2.24) is 0 Å². The van der Waals surface area contributed by atoms with Gasteiger partial charge in [0.15, 0.2) is 5.43 Å². The van der Waals surface area contributed by atoms with Gasteiger partial charge in [0.1, 0.15) is 5.58 Å². The summed E-state index contributed by atoms with van der Waals surface area (Å²) in [4.78, 5) is 29.1. The van der Waals surface area contributed by atoms with Gasteiger partial charge in [-0.05, 0) is 60.2 Å². The molecule has 1 aromatic heterocycles. The Balaban J connectivity index is 1.78. The van der Waals surface area contributed by atoms with Gasteiger partial charge >= 0.3 is 0 Å². The van der Waals surface area contributed by atoms with Crippen molar-refractivity contribution in [3.63, 3.8) is 0 Å². The minimum Gasteiger partial charge on any atom is -0.450 e. The lowest BCUT2D eigenvalue weighted by Crippen LogP contribution is -2.29. The number of benzene rings is 3. The van der Waals surface area contributed by atoms with Crippen LogP contribution in [0.25, 0.3) is 11.0 Å². The number of rotatable bonds is 2. The molecular formula is C29H26ClNO3. The predicted molar refractivity (Wildman–Crippen MR) is 137 cm³/mol. The van der Waals surface area contributed by atoms with Gasteiger partial charge in [-0.1, -0.05) is 74.3 Å². The zero-order valence-electron chi connectivity index (χ0n) is 19.9. The Hall–Kier alpha value is -3.37. The predicted octanol–water partition coefficient (Wildman–Crippen LogP) is 7.11. The molecule has 0 fully saturated rings. The fourth-order valence-corrected chi connectivity index (χ4v) is 4.74. The molecular weight excluding hydrogens is 446 g/mol. The van der Waals surface area contributed by atoms with Crippen molar-refractivity contribution >= 4 is 34.2 Å². The lowest BCUT2D eigenvalue weighted by atomic mass is 9.86. The smallest absolute Gasteiger partial charge is 0.295 e. The van der Waals surface area contributed by atoms with Crippen molar-refractivity contribution in [2.45, 2.75) is 46.1 Å². The second-order valence-corrected chi connectivity index (χ2v) is 10.5. The number of amides is 1. The zero-order chi connectivity index (χ0) is 24.4. The SMILES string of the molecule is Cc1ccc2oc3c(c(=O)c2c1)C(c1ccc(C(C)(C)C)cc1)N(c1ccc(C)c(Cl)c1)C3=O. The monoisotopic (exact) mass is 471 g/mol. The maximum Gasteiger partial charge on any atom is 0.295 e. The number of fused-ring (bicyclic) bond motifs is 2. The molecule has 5 rings (SSSR count). The standard InChI is InChI=1S/C29H26ClNO3/c1-16-6-13-23-21(14-16)26(32)24-25(18-8-10-19(11-9-18)29(3,4)5)31(28(33)27(24)34-23)20-12-7-17(2)22(30)15-20/h6-15,25H,1-5H3. The van der Waals surface area contributed by atoms with Gasteiger partial charge in [0, 0.05) is 10.7 Å². The number of carbonyl (C=O) groups excluding carboxylic acids is 1. The molecule has 0 saturated heterocycles. The Morgan fingerprint density at radius 1 is 0.912 bits per heavy atom. The average Bonchev–Trinajstić information content (AvgIpc) is 3.08. The van der Waals surface area contributed by atoms with E-state index in [1.807, 2.05) is 50.2 Å². The van der Waals surface area contributed by atoms with Crippen LogP contribution in [0.2, 0.25) is 5.02 Å². The maximum absolute atomic E-state index is 13.8. The highest BCUT2D eigenvalue weighted by atomic mass is 35.5. The Bertz CT molecular complexity index is 1510. The lowest BCUT2D eigenvalue weighted by molar-refractivity contribution is 0.0971. The molecule has 0 spiro atoms. The van der Waals surface area contributed by atoms with E-state index in [2.05, 4.69) is 32.9 Å². The van der Waals surface area contributed by atoms with Crippen molar-refractivity contribution in [3.8, 4) is 0 Å². The second-order valence-electron chi connectivity index (χ2n) is 10.1. The van der Waals surface area contributed by atoms with Gasteiger partial charge < -0.3 is 4.42 Å². The Morgan fingerprint density at radius 3 is 2.26 bits per heavy atom. The highest BCUT2D eigenvalue weighted by molar-refractivity contribution is 6.31. The Morgan fingerprint density at radius 2 is 1.62 bits per heavy atom. The first-order chi connectivity index (χ1) is 16.1. The van der Waals surface area contributed by atoms with Crippen LogP contribution in [0.1, 0.15) is 65.2 Å². The summed E-state index contributed by atoms with van der Waals surface area (Å²) in [5.74, 6) is -0.262. The third kappa shape index (κ3) is 3.54. The third-order valence-electron chi connectivity index (χ3n) is 6.55. The van der Waals surface area contributed by atoms with Gasteiger partial charge in [0.2, 0.25) is 5.76 Å². The van der Waals surface area contributed by atoms with Crippen molar-refractivity contribution < 1.29 is 9.21 Å². The van der Waals surface area contributed by atoms with E-state index in [4.69, 9.17) is 16.0 Å². The van der Waals surface area contributed by atoms with E-state index in [0.29, 0.717) is 27.2 Å². The minimum atomic E-state index is -0.614. The summed E-state index contributed by atoms with van der Waals surface area (Å²) in [6.45, 7) is 10.3. The molecule has 172 valence electrons. The molecule has 1 atom stereocenters. The van der Waals surface area contributed by atoms with E-state index in [1.54, 1.807) is 17.0 Å². The van der Waals surface area contributed by atoms with E-state index in [0.717, 1.165) is 16.7 Å². The van der Waals surface area contributed by atoms with Crippen LogP contribution in [-0.4, -0.2) is 5.91 Å². The van der Waals surface area contributed by atoms with Crippen molar-refractivity contribution in [2.24, 2.45) is 0 Å². The first-order valence-corrected chi connectivity index (χ1v) is 11.7. The molecule has 0 radical (unpaired) electrons. The molecule has 1 amide bonds. The fourth-order valence-electron chi connectivity index (χ4n) is 4.57. The van der Waals surface area contributed by atoms with Crippen LogP contribution in [0.15, 0.2) is 69.9 Å². The van der Waals surface area contributed by atoms with Crippen LogP contribution in [0.5, 0.6) is 0 Å². The van der Waals surface area contributed by atoms with E-state index in [-0.39, 0.29) is 22.5 Å². The lowest BCUT2D eigenvalue weighted by Gasteiger charge is -2.26. The summed E-state index contributed by atoms with van der Waals surface area (Å²) >= 11 is 6.43. The molecule has 0 bridgehead atoms. The van der Waals surface area contributed by atoms with Crippen LogP contribution in [0, 0.1) is 13.8 Å². The second kappa shape index (κ2) is 7.85. The van der Waals surface area contributed by atoms with Crippen LogP contribution in [0.3, 0.4) is 0 Å². The molecule has 0 aliphatic carbocycles. The number of nitrogens with zero attached hydrogens (tertiary/aromatic N) is 1. The molecule has 5 heteroatoms. The molecule has 4 nitrogen and oxygen atoms in total. The van der Waals surface area contributed by atoms with Gasteiger partial charge in [-0.3, -0.25) is 14.5 Å². The molecule has 34 heavy (non-hydrogen) atoms. The number of halogens is 1. The normalized spacial score (nSPS) is 15.8. The molecule has 2 heterocycles. The van der Waals surface area contributed by atoms with Gasteiger partial charge in [0.05, 0.1) is 17.0 Å². The summed E-state index contributed by atoms with van der Waals surface area (Å²) in [6, 6.07) is 18.4. The molecule has 0 N–H and O–H groups in total. The van der Waals surface area contributed by atoms with E-state index >= 15 is 0 Å². The molecule has 4 aromatic rings. The number of hydrogen-bond acceptors (Lipinski definition) is 3. The topological polar surface area (TPSA) is 50.5 Å². The average molecular weight is 472 g/mol. The summed E-state index contributed by atoms with van der Waals surface area (Å²) in [5, 5.41) is 1.04. The Kier molecular flexibility index (Phi) is 5.18. The first kappa shape index (κ1) is 22.4. The largest absolute Gasteiger partial charge is 0.450 e. The summed E-state index contributed by atoms with van der Waals surface area (Å²) in [5.41, 5.74) is 5.09. The highest BCUT2D eigenvalue weighted by Crippen LogP contribution is 2.42. The molecule has 1 aliphatic heterocycles. The number of hydrogen-bond donors (Lipinski definition) is 0. The van der Waals surface area contributed by atoms with Crippen LogP contribution >= 0.6 is 11.6 Å². The van der Waals surface area contributed by atoms with Crippen molar-refractivity contribution in [3.05, 3.63) is 109 Å². The Labute approximate surface area is 203 Å². The number of anilines is 1. The maximum atomic E-state index is 13.8. The summed E-state index contributed by atoms with van der Waals surface area (Å²) < 4.78 is 6.06. The van der Waals surface area contributed by atoms with Crippen molar-refractivity contribution in [2.75, 3.05) is 4.90 Å². The quantitative estimate of drug-likeness (QED) is 0.313. The van der Waals surface area contributed by atoms with Crippen LogP contribution in [0.4, 0.5) is 5.69 Å². The van der Waals surface area contributed by atoms with Crippen molar-refractivity contribution in [1.29, 1.82) is 0 Å². The summed E-state index contributed by atoms with van der Waals surface area (Å²) in [6.07, 6.45) is 0. The summed E-state index contributed by atoms with van der Waals surface area (Å²) in [7, 11) is 0. The third-order valence-corrected chi connectivity index (χ3v) is 6.96. The highest BCUT2D eigenvalue weighted by Gasteiger charge is 2.43.